The molecule has 11 heteroatoms. The highest BCUT2D eigenvalue weighted by Gasteiger charge is 2.25. The SMILES string of the molecule is Cc1ccc(Cn2nnc3c2CN(N)C=C3c2ccco2)cc1NS(=O)(=O)O. The average molecular weight is 402 g/mol. The second-order valence-electron chi connectivity index (χ2n) is 6.46. The number of rotatable bonds is 5. The van der Waals surface area contributed by atoms with Crippen molar-refractivity contribution in [2.24, 2.45) is 5.84 Å². The van der Waals surface area contributed by atoms with E-state index in [1.165, 1.54) is 5.01 Å². The van der Waals surface area contributed by atoms with Gasteiger partial charge in [0, 0.05) is 6.20 Å². The maximum atomic E-state index is 11.1. The normalized spacial score (nSPS) is 14.0. The smallest absolute Gasteiger partial charge is 0.357 e. The number of hydrogen-bond acceptors (Lipinski definition) is 7. The Morgan fingerprint density at radius 2 is 2.18 bits per heavy atom. The van der Waals surface area contributed by atoms with Crippen molar-refractivity contribution < 1.29 is 17.4 Å². The summed E-state index contributed by atoms with van der Waals surface area (Å²) in [6.07, 6.45) is 3.33. The van der Waals surface area contributed by atoms with E-state index in [0.717, 1.165) is 16.8 Å². The number of benzene rings is 1. The van der Waals surface area contributed by atoms with Gasteiger partial charge in [0.15, 0.2) is 0 Å². The molecule has 0 aliphatic carbocycles. The zero-order chi connectivity index (χ0) is 19.9. The van der Waals surface area contributed by atoms with Crippen LogP contribution in [0.4, 0.5) is 5.69 Å². The summed E-state index contributed by atoms with van der Waals surface area (Å²) in [4.78, 5) is 0. The fraction of sp³-hybridized carbons (Fsp3) is 0.176. The Morgan fingerprint density at radius 1 is 1.36 bits per heavy atom. The van der Waals surface area contributed by atoms with E-state index in [4.69, 9.17) is 14.8 Å². The molecule has 0 saturated heterocycles. The summed E-state index contributed by atoms with van der Waals surface area (Å²) < 4.78 is 40.6. The first-order chi connectivity index (χ1) is 13.3. The van der Waals surface area contributed by atoms with Gasteiger partial charge < -0.3 is 9.43 Å². The number of aromatic nitrogens is 3. The molecule has 0 fully saturated rings. The van der Waals surface area contributed by atoms with Gasteiger partial charge in [-0.2, -0.15) is 8.42 Å². The van der Waals surface area contributed by atoms with Gasteiger partial charge in [0.05, 0.1) is 36.3 Å². The molecule has 3 heterocycles. The number of nitrogens with one attached hydrogen (secondary N) is 1. The number of fused-ring (bicyclic) bond motifs is 1. The topological polar surface area (TPSA) is 140 Å². The maximum absolute atomic E-state index is 11.1. The highest BCUT2D eigenvalue weighted by molar-refractivity contribution is 7.87. The molecule has 0 saturated carbocycles. The van der Waals surface area contributed by atoms with Gasteiger partial charge in [-0.15, -0.1) is 5.10 Å². The summed E-state index contributed by atoms with van der Waals surface area (Å²) in [6.45, 7) is 2.50. The van der Waals surface area contributed by atoms with Crippen molar-refractivity contribution >= 4 is 21.6 Å². The monoisotopic (exact) mass is 402 g/mol. The molecule has 4 N–H and O–H groups in total. The maximum Gasteiger partial charge on any atom is 0.357 e. The van der Waals surface area contributed by atoms with E-state index < -0.39 is 10.3 Å². The Bertz CT molecular complexity index is 1150. The fourth-order valence-electron chi connectivity index (χ4n) is 3.07. The third kappa shape index (κ3) is 3.63. The molecule has 0 bridgehead atoms. The van der Waals surface area contributed by atoms with Crippen LogP contribution in [0.2, 0.25) is 0 Å². The zero-order valence-electron chi connectivity index (χ0n) is 14.9. The average Bonchev–Trinajstić information content (AvgIpc) is 3.27. The highest BCUT2D eigenvalue weighted by Crippen LogP contribution is 2.30. The molecule has 1 aliphatic heterocycles. The summed E-state index contributed by atoms with van der Waals surface area (Å²) in [5, 5.41) is 10.0. The van der Waals surface area contributed by atoms with Gasteiger partial charge in [0.25, 0.3) is 0 Å². The van der Waals surface area contributed by atoms with E-state index in [2.05, 4.69) is 15.0 Å². The number of hydrogen-bond donors (Lipinski definition) is 3. The first-order valence-corrected chi connectivity index (χ1v) is 9.79. The van der Waals surface area contributed by atoms with Crippen LogP contribution in [-0.2, 0) is 23.4 Å². The van der Waals surface area contributed by atoms with Gasteiger partial charge in [0.2, 0.25) is 0 Å². The van der Waals surface area contributed by atoms with Crippen LogP contribution in [0.15, 0.2) is 47.2 Å². The Kier molecular flexibility index (Phi) is 4.41. The summed E-state index contributed by atoms with van der Waals surface area (Å²) in [6, 6.07) is 8.86. The van der Waals surface area contributed by atoms with E-state index in [1.54, 1.807) is 42.3 Å². The number of furan rings is 1. The van der Waals surface area contributed by atoms with Crippen LogP contribution in [0, 0.1) is 6.92 Å². The van der Waals surface area contributed by atoms with E-state index in [0.29, 0.717) is 35.8 Å². The largest absolute Gasteiger partial charge is 0.464 e. The van der Waals surface area contributed by atoms with Crippen LogP contribution in [0.1, 0.15) is 28.3 Å². The molecule has 146 valence electrons. The molecule has 2 aromatic heterocycles. The predicted molar refractivity (Wildman–Crippen MR) is 101 cm³/mol. The lowest BCUT2D eigenvalue weighted by atomic mass is 10.1. The summed E-state index contributed by atoms with van der Waals surface area (Å²) in [5.74, 6) is 6.66. The highest BCUT2D eigenvalue weighted by atomic mass is 32.2. The van der Waals surface area contributed by atoms with Gasteiger partial charge >= 0.3 is 10.3 Å². The van der Waals surface area contributed by atoms with Crippen molar-refractivity contribution in [3.8, 4) is 0 Å². The van der Waals surface area contributed by atoms with Crippen molar-refractivity contribution in [3.05, 3.63) is 71.1 Å². The van der Waals surface area contributed by atoms with Gasteiger partial charge in [0.1, 0.15) is 11.5 Å². The minimum atomic E-state index is -4.36. The molecule has 0 amide bonds. The van der Waals surface area contributed by atoms with Crippen LogP contribution < -0.4 is 10.6 Å². The molecule has 1 aliphatic rings. The molecule has 0 spiro atoms. The second-order valence-corrected chi connectivity index (χ2v) is 7.62. The van der Waals surface area contributed by atoms with Crippen LogP contribution in [0.5, 0.6) is 0 Å². The lowest BCUT2D eigenvalue weighted by molar-refractivity contribution is 0.365. The Labute approximate surface area is 161 Å². The van der Waals surface area contributed by atoms with Gasteiger partial charge in [-0.1, -0.05) is 17.3 Å². The summed E-state index contributed by atoms with van der Waals surface area (Å²) in [7, 11) is -4.36. The standard InChI is InChI=1S/C17H18N6O4S/c1-11-4-5-12(7-14(11)20-28(24,25)26)8-23-15-10-22(18)9-13(17(15)19-21-23)16-3-2-6-27-16/h2-7,9,20H,8,10,18H2,1H3,(H,24,25,26). The lowest BCUT2D eigenvalue weighted by Crippen LogP contribution is -2.29. The zero-order valence-corrected chi connectivity index (χ0v) is 15.7. The van der Waals surface area contributed by atoms with Crippen molar-refractivity contribution in [1.82, 2.24) is 20.0 Å². The molecule has 0 radical (unpaired) electrons. The van der Waals surface area contributed by atoms with Gasteiger partial charge in [-0.25, -0.2) is 10.5 Å². The van der Waals surface area contributed by atoms with Crippen LogP contribution in [0.3, 0.4) is 0 Å². The minimum absolute atomic E-state index is 0.297. The summed E-state index contributed by atoms with van der Waals surface area (Å²) >= 11 is 0. The quantitative estimate of drug-likeness (QED) is 0.431. The molecule has 28 heavy (non-hydrogen) atoms. The lowest BCUT2D eigenvalue weighted by Gasteiger charge is -2.21. The number of hydrazine groups is 1. The molecule has 1 aromatic carbocycles. The predicted octanol–water partition coefficient (Wildman–Crippen LogP) is 1.52. The molecule has 3 aromatic rings. The number of aryl methyl sites for hydroxylation is 1. The minimum Gasteiger partial charge on any atom is -0.464 e. The first kappa shape index (κ1) is 18.2. The molecule has 0 atom stereocenters. The van der Waals surface area contributed by atoms with Crippen molar-refractivity contribution in [2.75, 3.05) is 4.72 Å². The first-order valence-electron chi connectivity index (χ1n) is 8.35. The fourth-order valence-corrected chi connectivity index (χ4v) is 3.57. The molecule has 0 unspecified atom stereocenters. The Hall–Kier alpha value is -3.15. The Balaban J connectivity index is 1.67. The van der Waals surface area contributed by atoms with E-state index >= 15 is 0 Å². The van der Waals surface area contributed by atoms with E-state index in [1.807, 2.05) is 12.1 Å². The number of nitrogens with zero attached hydrogens (tertiary/aromatic N) is 4. The Morgan fingerprint density at radius 3 is 2.89 bits per heavy atom. The van der Waals surface area contributed by atoms with Crippen LogP contribution >= 0.6 is 0 Å². The van der Waals surface area contributed by atoms with Crippen LogP contribution in [0.25, 0.3) is 5.57 Å². The summed E-state index contributed by atoms with van der Waals surface area (Å²) in [5.41, 5.74) is 3.98. The third-order valence-electron chi connectivity index (χ3n) is 4.38. The van der Waals surface area contributed by atoms with Gasteiger partial charge in [-0.05, 0) is 36.2 Å². The van der Waals surface area contributed by atoms with Crippen molar-refractivity contribution in [3.63, 3.8) is 0 Å². The van der Waals surface area contributed by atoms with Crippen molar-refractivity contribution in [2.45, 2.75) is 20.0 Å². The van der Waals surface area contributed by atoms with Crippen LogP contribution in [-0.4, -0.2) is 33.0 Å². The van der Waals surface area contributed by atoms with Crippen molar-refractivity contribution in [1.29, 1.82) is 0 Å². The molecule has 4 rings (SSSR count). The number of anilines is 1. The van der Waals surface area contributed by atoms with Gasteiger partial charge in [-0.3, -0.25) is 9.27 Å². The second kappa shape index (κ2) is 6.78. The molecular weight excluding hydrogens is 384 g/mol. The van der Waals surface area contributed by atoms with E-state index in [-0.39, 0.29) is 0 Å². The molecular formula is C17H18N6O4S. The third-order valence-corrected chi connectivity index (χ3v) is 4.86. The molecule has 10 nitrogen and oxygen atoms in total. The number of nitrogens with two attached hydrogens (primary N) is 1. The van der Waals surface area contributed by atoms with E-state index in [9.17, 15) is 8.42 Å².